The Morgan fingerprint density at radius 1 is 0.474 bits per heavy atom. The third-order valence-corrected chi connectivity index (χ3v) is 20.8. The highest BCUT2D eigenvalue weighted by atomic mass is 31.2. The number of ketones is 2. The summed E-state index contributed by atoms with van der Waals surface area (Å²) in [5.74, 6) is -10.7. The fraction of sp³-hybridized carbons (Fsp3) is 0.302. The molecule has 0 fully saturated rings. The van der Waals surface area contributed by atoms with E-state index < -0.39 is 160 Å². The summed E-state index contributed by atoms with van der Waals surface area (Å²) in [4.78, 5) is 107. The van der Waals surface area contributed by atoms with Crippen LogP contribution >= 0.6 is 15.6 Å². The first-order valence-electron chi connectivity index (χ1n) is 36.1. The van der Waals surface area contributed by atoms with Gasteiger partial charge in [-0.1, -0.05) is 208 Å². The molecule has 596 valence electrons. The van der Waals surface area contributed by atoms with E-state index in [-0.39, 0.29) is 47.9 Å². The molecule has 28 heteroatoms. The molecule has 4 aromatic carbocycles. The Bertz CT molecular complexity index is 4600. The largest absolute Gasteiger partial charge is 0.475 e. The first kappa shape index (κ1) is 88.3. The molecule has 4 unspecified atom stereocenters. The number of hydrogen-bond acceptors (Lipinski definition) is 26. The lowest BCUT2D eigenvalue weighted by molar-refractivity contribution is -0.148. The Balaban J connectivity index is 0.842. The van der Waals surface area contributed by atoms with Crippen molar-refractivity contribution in [1.29, 1.82) is 10.5 Å². The van der Waals surface area contributed by atoms with Gasteiger partial charge in [-0.05, 0) is 136 Å². The minimum Gasteiger partial charge on any atom is -0.445 e. The summed E-state index contributed by atoms with van der Waals surface area (Å²) < 4.78 is 95.2. The van der Waals surface area contributed by atoms with Crippen molar-refractivity contribution in [3.63, 3.8) is 0 Å². The predicted molar refractivity (Wildman–Crippen MR) is 415 cm³/mol. The number of hydrogen-bond donors (Lipinski definition) is 2. The van der Waals surface area contributed by atoms with E-state index in [2.05, 4.69) is 0 Å². The molecule has 0 spiro atoms. The topological polar surface area (TPSA) is 370 Å². The number of esters is 6. The molecule has 0 saturated heterocycles. The SMILES string of the molecule is CC(C=CC=C(C)C=CC1=C(C)C(=O)C(OP(=O)(OCCC#N)OC[C@H](O)[C@H]2OC(=O)C(OC(=O)c3ccccc3)=C2OC(=O)c2ccccc2)CC1(C)C)=CC=CC=C(C)C=CC=C(C)C=CC1=C(C)C(=O)C(OP(=O)(OCCC#N)OC[C@H](O)[C@H]2OC(=O)C(OC(=O)c3ccccc3)=C2OC(=O)c2ccccc2)CC1(C)C. The van der Waals surface area contributed by atoms with E-state index in [0.717, 1.165) is 22.3 Å². The zero-order valence-electron chi connectivity index (χ0n) is 64.4. The molecular formula is C86H88N2O24P2. The Labute approximate surface area is 660 Å². The predicted octanol–water partition coefficient (Wildman–Crippen LogP) is 15.5. The molecule has 8 rings (SSSR count). The number of carbonyl (C=O) groups is 8. The molecule has 0 aromatic heterocycles. The molecule has 4 aromatic rings. The lowest BCUT2D eigenvalue weighted by atomic mass is 9.71. The van der Waals surface area contributed by atoms with E-state index in [1.54, 1.807) is 86.6 Å². The van der Waals surface area contributed by atoms with Crippen LogP contribution in [-0.2, 0) is 83.9 Å². The Morgan fingerprint density at radius 2 is 0.772 bits per heavy atom. The van der Waals surface area contributed by atoms with Crippen LogP contribution in [0.5, 0.6) is 0 Å². The summed E-state index contributed by atoms with van der Waals surface area (Å²) in [7, 11) is -9.70. The number of cyclic esters (lactones) is 2. The molecule has 114 heavy (non-hydrogen) atoms. The van der Waals surface area contributed by atoms with E-state index in [1.807, 2.05) is 153 Å². The van der Waals surface area contributed by atoms with Gasteiger partial charge < -0.3 is 38.6 Å². The van der Waals surface area contributed by atoms with E-state index in [4.69, 9.17) is 55.6 Å². The molecule has 4 aliphatic rings. The maximum atomic E-state index is 14.4. The zero-order valence-corrected chi connectivity index (χ0v) is 66.2. The first-order chi connectivity index (χ1) is 54.3. The van der Waals surface area contributed by atoms with Crippen molar-refractivity contribution in [1.82, 2.24) is 0 Å². The van der Waals surface area contributed by atoms with Gasteiger partial charge in [0, 0.05) is 0 Å². The van der Waals surface area contributed by atoms with Gasteiger partial charge in [-0.3, -0.25) is 36.7 Å². The van der Waals surface area contributed by atoms with Crippen LogP contribution in [0.1, 0.15) is 136 Å². The van der Waals surface area contributed by atoms with Gasteiger partial charge >= 0.3 is 51.5 Å². The van der Waals surface area contributed by atoms with Gasteiger partial charge in [-0.25, -0.2) is 37.9 Å². The molecular weight excluding hydrogens is 1510 g/mol. The Morgan fingerprint density at radius 3 is 1.09 bits per heavy atom. The van der Waals surface area contributed by atoms with Crippen molar-refractivity contribution in [2.75, 3.05) is 26.4 Å². The monoisotopic (exact) mass is 1590 g/mol. The van der Waals surface area contributed by atoms with Crippen LogP contribution in [0.15, 0.2) is 274 Å². The first-order valence-corrected chi connectivity index (χ1v) is 39.0. The minimum atomic E-state index is -4.85. The number of Topliss-reactive ketones (excluding diaryl/α,β-unsaturated/α-hetero) is 2. The van der Waals surface area contributed by atoms with Gasteiger partial charge in [0.05, 0.1) is 73.7 Å². The number of rotatable bonds is 36. The number of ether oxygens (including phenoxy) is 6. The summed E-state index contributed by atoms with van der Waals surface area (Å²) in [6.07, 6.45) is 15.5. The fourth-order valence-electron chi connectivity index (χ4n) is 11.9. The maximum absolute atomic E-state index is 14.4. The third kappa shape index (κ3) is 24.6. The van der Waals surface area contributed by atoms with Crippen LogP contribution in [0, 0.1) is 33.5 Å². The van der Waals surface area contributed by atoms with E-state index in [0.29, 0.717) is 22.3 Å². The number of aliphatic hydroxyl groups is 2. The van der Waals surface area contributed by atoms with Crippen LogP contribution < -0.4 is 0 Å². The highest BCUT2D eigenvalue weighted by molar-refractivity contribution is 7.48. The van der Waals surface area contributed by atoms with Crippen molar-refractivity contribution >= 4 is 63.0 Å². The van der Waals surface area contributed by atoms with Gasteiger partial charge in [-0.15, -0.1) is 0 Å². The number of nitriles is 2. The molecule has 2 N–H and O–H groups in total. The van der Waals surface area contributed by atoms with Gasteiger partial charge in [0.25, 0.3) is 11.5 Å². The number of allylic oxidation sites excluding steroid dienone is 20. The Hall–Kier alpha value is -11.2. The average Bonchev–Trinajstić information content (AvgIpc) is 1.08. The molecule has 8 atom stereocenters. The highest BCUT2D eigenvalue weighted by Gasteiger charge is 2.50. The third-order valence-electron chi connectivity index (χ3n) is 17.9. The maximum Gasteiger partial charge on any atom is 0.475 e. The Kier molecular flexibility index (Phi) is 31.8. The van der Waals surface area contributed by atoms with Gasteiger partial charge in [0.2, 0.25) is 11.5 Å². The second kappa shape index (κ2) is 41.0. The van der Waals surface area contributed by atoms with Crippen LogP contribution in [0.25, 0.3) is 0 Å². The van der Waals surface area contributed by atoms with Crippen LogP contribution in [0.3, 0.4) is 0 Å². The summed E-state index contributed by atoms with van der Waals surface area (Å²) in [5, 5.41) is 41.5. The normalized spacial score (nSPS) is 20.6. The molecule has 0 amide bonds. The number of phosphoric acid groups is 2. The summed E-state index contributed by atoms with van der Waals surface area (Å²) in [5.41, 5.74) is 4.17. The van der Waals surface area contributed by atoms with Crippen molar-refractivity contribution in [2.45, 2.75) is 132 Å². The van der Waals surface area contributed by atoms with Crippen molar-refractivity contribution in [3.8, 4) is 12.1 Å². The minimum absolute atomic E-state index is 0.00500. The van der Waals surface area contributed by atoms with Gasteiger partial charge in [-0.2, -0.15) is 10.5 Å². The molecule has 2 aliphatic carbocycles. The molecule has 2 heterocycles. The van der Waals surface area contributed by atoms with Crippen molar-refractivity contribution < 1.29 is 113 Å². The van der Waals surface area contributed by atoms with E-state index in [1.165, 1.54) is 48.5 Å². The second-order valence-electron chi connectivity index (χ2n) is 27.7. The standard InChI is InChI=1S/C86H88N2O24P2/c1-55(31-25-33-57(3)43-45-65-59(5)71(91)69(51-85(65,7)8)111-113(99,101-49-27-47-87)103-53-67(89)73-75(107-79(93)61-35-15-11-16-36-61)77(83(97)105-73)109-81(95)63-39-19-13-20-40-63)29-23-24-30-56(2)32-26-34-58(4)44-46-66-60(6)72(92)70(52-86(66,9)10)112-114(100,102-50-28-48-88)104-54-68(90)74-76(108-80(94)62-37-17-12-18-38-62)78(84(98)106-74)110-82(96)64-41-21-14-22-42-64/h11-26,29-46,67-70,73-74,89-90H,27-28,49-54H2,1-10H3/t67-,68-,69?,70?,73+,74+,113?,114?/m0/s1. The number of benzene rings is 4. The summed E-state index contributed by atoms with van der Waals surface area (Å²) in [6.45, 7) is 15.5. The van der Waals surface area contributed by atoms with Gasteiger partial charge in [0.1, 0.15) is 24.4 Å². The van der Waals surface area contributed by atoms with E-state index in [9.17, 15) is 68.2 Å². The molecule has 26 nitrogen and oxygen atoms in total. The van der Waals surface area contributed by atoms with Gasteiger partial charge in [0.15, 0.2) is 23.8 Å². The lowest BCUT2D eigenvalue weighted by Gasteiger charge is -2.37. The van der Waals surface area contributed by atoms with Crippen LogP contribution in [0.4, 0.5) is 0 Å². The molecule has 0 saturated carbocycles. The van der Waals surface area contributed by atoms with Crippen molar-refractivity contribution in [2.24, 2.45) is 10.8 Å². The quantitative estimate of drug-likeness (QED) is 0.0140. The summed E-state index contributed by atoms with van der Waals surface area (Å²) >= 11 is 0. The summed E-state index contributed by atoms with van der Waals surface area (Å²) in [6, 6.07) is 34.1. The highest BCUT2D eigenvalue weighted by Crippen LogP contribution is 2.56. The zero-order chi connectivity index (χ0) is 82.9. The number of carbonyl (C=O) groups excluding carboxylic acids is 8. The lowest BCUT2D eigenvalue weighted by Crippen LogP contribution is -2.38. The number of nitrogens with zero attached hydrogens (tertiary/aromatic N) is 2. The molecule has 0 bridgehead atoms. The van der Waals surface area contributed by atoms with E-state index >= 15 is 0 Å². The smallest absolute Gasteiger partial charge is 0.445 e. The van der Waals surface area contributed by atoms with Crippen molar-refractivity contribution in [3.05, 3.63) is 296 Å². The fourth-order valence-corrected chi connectivity index (χ4v) is 14.5. The second-order valence-corrected chi connectivity index (χ2v) is 31.0. The molecule has 2 aliphatic heterocycles. The number of phosphoric ester groups is 2. The molecule has 0 radical (unpaired) electrons. The average molecular weight is 1600 g/mol. The van der Waals surface area contributed by atoms with Crippen LogP contribution in [0.2, 0.25) is 0 Å². The van der Waals surface area contributed by atoms with Crippen LogP contribution in [-0.4, -0.2) is 121 Å². The number of aliphatic hydroxyl groups excluding tert-OH is 2.